The molecule has 0 bridgehead atoms. The summed E-state index contributed by atoms with van der Waals surface area (Å²) in [5, 5.41) is 4.46. The number of aryl methyl sites for hydroxylation is 1. The molecule has 26 heavy (non-hydrogen) atoms. The summed E-state index contributed by atoms with van der Waals surface area (Å²) in [6.07, 6.45) is 3.49. The molecule has 10 heteroatoms. The monoisotopic (exact) mass is 379 g/mol. The topological polar surface area (TPSA) is 87.5 Å². The molecule has 1 fully saturated rings. The number of rotatable bonds is 5. The fourth-order valence-electron chi connectivity index (χ4n) is 3.11. The summed E-state index contributed by atoms with van der Waals surface area (Å²) in [6.45, 7) is 7.45. The van der Waals surface area contributed by atoms with Gasteiger partial charge in [-0.2, -0.15) is 5.10 Å². The van der Waals surface area contributed by atoms with Gasteiger partial charge in [0.15, 0.2) is 0 Å². The molecule has 0 saturated carbocycles. The van der Waals surface area contributed by atoms with Crippen molar-refractivity contribution in [2.75, 3.05) is 45.2 Å². The molecule has 3 heterocycles. The fraction of sp³-hybridized carbons (Fsp3) is 0.562. The molecule has 2 aromatic heterocycles. The largest absolute Gasteiger partial charge is 0.338 e. The van der Waals surface area contributed by atoms with E-state index in [-0.39, 0.29) is 0 Å². The van der Waals surface area contributed by atoms with E-state index in [0.29, 0.717) is 23.0 Å². The van der Waals surface area contributed by atoms with Gasteiger partial charge in [0.2, 0.25) is 16.0 Å². The highest BCUT2D eigenvalue weighted by Gasteiger charge is 2.27. The quantitative estimate of drug-likeness (QED) is 0.739. The number of nitrogens with zero attached hydrogens (tertiary/aromatic N) is 7. The zero-order chi connectivity index (χ0) is 18.9. The van der Waals surface area contributed by atoms with Gasteiger partial charge in [-0.15, -0.1) is 0 Å². The Kier molecular flexibility index (Phi) is 5.26. The fourth-order valence-corrected chi connectivity index (χ4v) is 4.37. The number of hydrogen-bond donors (Lipinski definition) is 0. The Hall–Kier alpha value is -2.04. The zero-order valence-electron chi connectivity index (χ0n) is 15.6. The van der Waals surface area contributed by atoms with Crippen LogP contribution in [-0.4, -0.2) is 77.6 Å². The first-order valence-electron chi connectivity index (χ1n) is 8.51. The highest BCUT2D eigenvalue weighted by molar-refractivity contribution is 7.89. The normalized spacial score (nSPS) is 16.4. The van der Waals surface area contributed by atoms with Gasteiger partial charge in [-0.1, -0.05) is 0 Å². The third kappa shape index (κ3) is 3.57. The third-order valence-corrected chi connectivity index (χ3v) is 6.66. The lowest BCUT2D eigenvalue weighted by molar-refractivity contribution is 0.193. The molecular weight excluding hydrogens is 354 g/mol. The van der Waals surface area contributed by atoms with E-state index in [2.05, 4.69) is 24.9 Å². The second-order valence-electron chi connectivity index (χ2n) is 6.58. The predicted molar refractivity (Wildman–Crippen MR) is 98.4 cm³/mol. The van der Waals surface area contributed by atoms with E-state index >= 15 is 0 Å². The lowest BCUT2D eigenvalue weighted by atomic mass is 10.3. The first kappa shape index (κ1) is 18.7. The Bertz CT molecular complexity index is 856. The number of aromatic nitrogens is 4. The van der Waals surface area contributed by atoms with E-state index in [9.17, 15) is 8.42 Å². The van der Waals surface area contributed by atoms with Crippen molar-refractivity contribution in [3.05, 3.63) is 29.8 Å². The van der Waals surface area contributed by atoms with Crippen molar-refractivity contribution in [3.63, 3.8) is 0 Å². The third-order valence-electron chi connectivity index (χ3n) is 4.59. The molecule has 1 saturated heterocycles. The maximum atomic E-state index is 12.5. The van der Waals surface area contributed by atoms with E-state index < -0.39 is 10.0 Å². The van der Waals surface area contributed by atoms with E-state index in [1.807, 2.05) is 13.0 Å². The lowest BCUT2D eigenvalue weighted by Gasteiger charge is -2.34. The zero-order valence-corrected chi connectivity index (χ0v) is 16.4. The van der Waals surface area contributed by atoms with Gasteiger partial charge in [-0.3, -0.25) is 9.58 Å². The van der Waals surface area contributed by atoms with Gasteiger partial charge in [-0.25, -0.2) is 22.7 Å². The molecule has 0 unspecified atom stereocenters. The van der Waals surface area contributed by atoms with Crippen LogP contribution < -0.4 is 4.90 Å². The minimum Gasteiger partial charge on any atom is -0.338 e. The van der Waals surface area contributed by atoms with Crippen LogP contribution in [0.4, 0.5) is 5.95 Å². The Labute approximate surface area is 154 Å². The molecule has 0 aromatic carbocycles. The first-order chi connectivity index (χ1) is 12.3. The Balaban J connectivity index is 1.70. The van der Waals surface area contributed by atoms with E-state index in [1.165, 1.54) is 18.4 Å². The molecule has 142 valence electrons. The molecule has 0 aliphatic carbocycles. The van der Waals surface area contributed by atoms with Crippen molar-refractivity contribution in [2.45, 2.75) is 25.4 Å². The molecule has 3 rings (SSSR count). The summed E-state index contributed by atoms with van der Waals surface area (Å²) in [6, 6.07) is 1.81. The highest BCUT2D eigenvalue weighted by Crippen LogP contribution is 2.22. The van der Waals surface area contributed by atoms with Crippen molar-refractivity contribution >= 4 is 16.0 Å². The minimum absolute atomic E-state index is 0.304. The molecule has 0 N–H and O–H groups in total. The number of piperazine rings is 1. The Morgan fingerprint density at radius 2 is 1.69 bits per heavy atom. The van der Waals surface area contributed by atoms with Gasteiger partial charge in [0.25, 0.3) is 0 Å². The summed E-state index contributed by atoms with van der Waals surface area (Å²) in [5.74, 6) is 0.748. The van der Waals surface area contributed by atoms with Crippen LogP contribution >= 0.6 is 0 Å². The van der Waals surface area contributed by atoms with Crippen molar-refractivity contribution in [2.24, 2.45) is 0 Å². The van der Waals surface area contributed by atoms with Gasteiger partial charge in [0.1, 0.15) is 4.90 Å². The van der Waals surface area contributed by atoms with Crippen LogP contribution in [-0.2, 0) is 16.7 Å². The molecule has 1 aliphatic rings. The maximum Gasteiger partial charge on any atom is 0.246 e. The van der Waals surface area contributed by atoms with Gasteiger partial charge in [0.05, 0.1) is 18.1 Å². The summed E-state index contributed by atoms with van der Waals surface area (Å²) in [4.78, 5) is 13.3. The van der Waals surface area contributed by atoms with Gasteiger partial charge in [-0.05, 0) is 19.9 Å². The number of anilines is 1. The molecule has 0 radical (unpaired) electrons. The van der Waals surface area contributed by atoms with Gasteiger partial charge < -0.3 is 4.90 Å². The van der Waals surface area contributed by atoms with Crippen molar-refractivity contribution in [3.8, 4) is 0 Å². The van der Waals surface area contributed by atoms with E-state index in [0.717, 1.165) is 32.1 Å². The molecule has 0 spiro atoms. The molecule has 0 atom stereocenters. The second-order valence-corrected chi connectivity index (χ2v) is 8.67. The van der Waals surface area contributed by atoms with Crippen LogP contribution in [0.1, 0.15) is 11.4 Å². The van der Waals surface area contributed by atoms with Crippen molar-refractivity contribution < 1.29 is 8.42 Å². The smallest absolute Gasteiger partial charge is 0.246 e. The van der Waals surface area contributed by atoms with Gasteiger partial charge >= 0.3 is 0 Å². The highest BCUT2D eigenvalue weighted by atomic mass is 32.2. The summed E-state index contributed by atoms with van der Waals surface area (Å²) in [5.41, 5.74) is 1.21. The van der Waals surface area contributed by atoms with Crippen LogP contribution in [0.15, 0.2) is 23.4 Å². The Morgan fingerprint density at radius 3 is 2.27 bits per heavy atom. The Morgan fingerprint density at radius 1 is 1.08 bits per heavy atom. The summed E-state index contributed by atoms with van der Waals surface area (Å²) < 4.78 is 28.0. The van der Waals surface area contributed by atoms with E-state index in [1.54, 1.807) is 24.0 Å². The number of hydrogen-bond acceptors (Lipinski definition) is 7. The molecule has 2 aromatic rings. The van der Waals surface area contributed by atoms with Crippen LogP contribution in [0.5, 0.6) is 0 Å². The average molecular weight is 379 g/mol. The van der Waals surface area contributed by atoms with Crippen LogP contribution in [0, 0.1) is 13.8 Å². The summed E-state index contributed by atoms with van der Waals surface area (Å²) >= 11 is 0. The molecule has 0 amide bonds. The summed E-state index contributed by atoms with van der Waals surface area (Å²) in [7, 11) is -0.420. The van der Waals surface area contributed by atoms with Crippen LogP contribution in [0.3, 0.4) is 0 Å². The lowest BCUT2D eigenvalue weighted by Crippen LogP contribution is -2.47. The number of sulfonamides is 1. The molecule has 1 aliphatic heterocycles. The molecular formula is C16H25N7O2S. The predicted octanol–water partition coefficient (Wildman–Crippen LogP) is 0.320. The van der Waals surface area contributed by atoms with Crippen molar-refractivity contribution in [1.29, 1.82) is 0 Å². The first-order valence-corrected chi connectivity index (χ1v) is 9.95. The molecule has 9 nitrogen and oxygen atoms in total. The standard InChI is InChI=1S/C16H25N7O2S/c1-13-15(26(24,25)20(3)4)14(2)23(19-13)12-21-8-10-22(11-9-21)16-17-6-5-7-18-16/h5-7H,8-12H2,1-4H3. The van der Waals surface area contributed by atoms with Gasteiger partial charge in [0, 0.05) is 52.7 Å². The van der Waals surface area contributed by atoms with E-state index in [4.69, 9.17) is 0 Å². The minimum atomic E-state index is -3.50. The van der Waals surface area contributed by atoms with Crippen LogP contribution in [0.2, 0.25) is 0 Å². The second kappa shape index (κ2) is 7.29. The maximum absolute atomic E-state index is 12.5. The van der Waals surface area contributed by atoms with Crippen LogP contribution in [0.25, 0.3) is 0 Å². The van der Waals surface area contributed by atoms with Crippen molar-refractivity contribution in [1.82, 2.24) is 29.0 Å². The SMILES string of the molecule is Cc1nn(CN2CCN(c3ncccn3)CC2)c(C)c1S(=O)(=O)N(C)C. The average Bonchev–Trinajstić information content (AvgIpc) is 2.90.